The molecule has 0 bridgehead atoms. The molecular formula is C7H13LiO8. The number of aliphatic carboxylic acids is 1. The molecule has 90 valence electrons. The molecule has 0 aromatic heterocycles. The molecule has 6 N–H and O–H groups in total. The van der Waals surface area contributed by atoms with Crippen molar-refractivity contribution in [3.05, 3.63) is 0 Å². The average Bonchev–Trinajstić information content (AvgIpc) is 2.23. The molecular weight excluding hydrogens is 219 g/mol. The summed E-state index contributed by atoms with van der Waals surface area (Å²) in [6.45, 7) is -0.896. The summed E-state index contributed by atoms with van der Waals surface area (Å²) in [7, 11) is 0. The third-order valence-corrected chi connectivity index (χ3v) is 1.85. The molecule has 0 unspecified atom stereocenters. The van der Waals surface area contributed by atoms with Gasteiger partial charge in [-0.25, -0.2) is 0 Å². The second kappa shape index (κ2) is 8.00. The topological polar surface area (TPSA) is 162 Å². The van der Waals surface area contributed by atoms with Gasteiger partial charge in [0.15, 0.2) is 0 Å². The molecule has 9 heteroatoms. The fraction of sp³-hybridized carbons (Fsp3) is 0.857. The zero-order chi connectivity index (χ0) is 12.2. The van der Waals surface area contributed by atoms with Gasteiger partial charge < -0.3 is 40.5 Å². The first kappa shape index (κ1) is 18.2. The number of carboxylic acids is 1. The van der Waals surface area contributed by atoms with Gasteiger partial charge in [0.1, 0.15) is 30.5 Å². The summed E-state index contributed by atoms with van der Waals surface area (Å²) in [5.41, 5.74) is 0. The molecule has 0 radical (unpaired) electrons. The van der Waals surface area contributed by atoms with Gasteiger partial charge in [-0.3, -0.25) is 0 Å². The predicted octanol–water partition coefficient (Wildman–Crippen LogP) is -8.46. The number of hydrogen-bond acceptors (Lipinski definition) is 8. The van der Waals surface area contributed by atoms with Gasteiger partial charge in [-0.1, -0.05) is 0 Å². The van der Waals surface area contributed by atoms with Gasteiger partial charge in [-0.05, 0) is 0 Å². The van der Waals surface area contributed by atoms with E-state index in [0.29, 0.717) is 0 Å². The van der Waals surface area contributed by atoms with Gasteiger partial charge in [0.05, 0.1) is 12.6 Å². The third kappa shape index (κ3) is 4.78. The molecule has 0 aromatic rings. The van der Waals surface area contributed by atoms with Crippen molar-refractivity contribution in [2.75, 3.05) is 6.61 Å². The molecule has 0 rings (SSSR count). The molecule has 0 heterocycles. The Morgan fingerprint density at radius 2 is 1.44 bits per heavy atom. The molecule has 0 saturated heterocycles. The molecule has 16 heavy (non-hydrogen) atoms. The molecule has 5 atom stereocenters. The standard InChI is InChI=1S/C7H14O8.Li/c8-1-2(9)3(10)4(11)5(12)6(13)7(14)15;/h2-6,8-13H,1H2,(H,14,15);/q;+1/p-1/t2-,3+,4-,5-,6-;/m1./s1. The van der Waals surface area contributed by atoms with E-state index in [2.05, 4.69) is 0 Å². The molecule has 0 aliphatic carbocycles. The summed E-state index contributed by atoms with van der Waals surface area (Å²) in [5.74, 6) is -2.03. The maximum Gasteiger partial charge on any atom is 1.00 e. The fourth-order valence-corrected chi connectivity index (χ4v) is 0.864. The van der Waals surface area contributed by atoms with Gasteiger partial charge in [0.25, 0.3) is 0 Å². The first-order chi connectivity index (χ1) is 6.82. The Morgan fingerprint density at radius 3 is 1.75 bits per heavy atom. The van der Waals surface area contributed by atoms with Crippen LogP contribution in [0, 0.1) is 0 Å². The molecule has 0 saturated carbocycles. The van der Waals surface area contributed by atoms with Gasteiger partial charge >= 0.3 is 18.9 Å². The van der Waals surface area contributed by atoms with Crippen LogP contribution in [0.2, 0.25) is 0 Å². The SMILES string of the molecule is O=C([O-])[C@H](O)[C@H](O)[C@H](O)[C@@H](O)[C@H](O)CO.[Li+]. The number of carbonyl (C=O) groups excluding carboxylic acids is 1. The average molecular weight is 232 g/mol. The largest absolute Gasteiger partial charge is 1.00 e. The Labute approximate surface area is 103 Å². The first-order valence-electron chi connectivity index (χ1n) is 4.05. The zero-order valence-corrected chi connectivity index (χ0v) is 8.59. The number of carbonyl (C=O) groups is 1. The third-order valence-electron chi connectivity index (χ3n) is 1.85. The van der Waals surface area contributed by atoms with Crippen LogP contribution in [0.25, 0.3) is 0 Å². The van der Waals surface area contributed by atoms with E-state index in [9.17, 15) is 9.90 Å². The Bertz CT molecular complexity index is 213. The smallest absolute Gasteiger partial charge is 0.547 e. The summed E-state index contributed by atoms with van der Waals surface area (Å²) >= 11 is 0. The number of carboxylic acid groups (broad SMARTS) is 1. The molecule has 8 nitrogen and oxygen atoms in total. The van der Waals surface area contributed by atoms with E-state index in [1.165, 1.54) is 0 Å². The van der Waals surface area contributed by atoms with Crippen LogP contribution < -0.4 is 24.0 Å². The van der Waals surface area contributed by atoms with Crippen molar-refractivity contribution in [2.45, 2.75) is 30.5 Å². The number of rotatable bonds is 6. The minimum atomic E-state index is -2.40. The van der Waals surface area contributed by atoms with E-state index in [-0.39, 0.29) is 18.9 Å². The van der Waals surface area contributed by atoms with Crippen LogP contribution in [-0.4, -0.2) is 73.7 Å². The summed E-state index contributed by atoms with van der Waals surface area (Å²) in [5, 5.41) is 63.2. The number of aliphatic hydroxyl groups excluding tert-OH is 6. The maximum absolute atomic E-state index is 10.1. The molecule has 0 aliphatic heterocycles. The van der Waals surface area contributed by atoms with Crippen LogP contribution >= 0.6 is 0 Å². The van der Waals surface area contributed by atoms with E-state index < -0.39 is 43.1 Å². The van der Waals surface area contributed by atoms with Crippen LogP contribution in [-0.2, 0) is 4.79 Å². The van der Waals surface area contributed by atoms with Crippen molar-refractivity contribution >= 4 is 5.97 Å². The summed E-state index contributed by atoms with van der Waals surface area (Å²) < 4.78 is 0. The number of aliphatic hydroxyl groups is 6. The minimum absolute atomic E-state index is 0. The number of hydrogen-bond donors (Lipinski definition) is 6. The van der Waals surface area contributed by atoms with Crippen molar-refractivity contribution in [2.24, 2.45) is 0 Å². The first-order valence-corrected chi connectivity index (χ1v) is 4.05. The molecule has 0 amide bonds. The summed E-state index contributed by atoms with van der Waals surface area (Å²) in [4.78, 5) is 10.1. The fourth-order valence-electron chi connectivity index (χ4n) is 0.864. The summed E-state index contributed by atoms with van der Waals surface area (Å²) in [6.07, 6.45) is -10.5. The summed E-state index contributed by atoms with van der Waals surface area (Å²) in [6, 6.07) is 0. The van der Waals surface area contributed by atoms with Crippen LogP contribution in [0.3, 0.4) is 0 Å². The Morgan fingerprint density at radius 1 is 1.00 bits per heavy atom. The van der Waals surface area contributed by atoms with E-state index in [1.807, 2.05) is 0 Å². The minimum Gasteiger partial charge on any atom is -0.547 e. The second-order valence-corrected chi connectivity index (χ2v) is 2.99. The molecule has 0 spiro atoms. The molecule has 0 aliphatic rings. The van der Waals surface area contributed by atoms with E-state index in [1.54, 1.807) is 0 Å². The van der Waals surface area contributed by atoms with Gasteiger partial charge in [0, 0.05) is 0 Å². The predicted molar refractivity (Wildman–Crippen MR) is 42.1 cm³/mol. The van der Waals surface area contributed by atoms with Crippen LogP contribution in [0.5, 0.6) is 0 Å². The van der Waals surface area contributed by atoms with Crippen molar-refractivity contribution < 1.29 is 59.4 Å². The molecule has 0 fully saturated rings. The zero-order valence-electron chi connectivity index (χ0n) is 8.59. The quantitative estimate of drug-likeness (QED) is 0.246. The van der Waals surface area contributed by atoms with E-state index in [0.717, 1.165) is 0 Å². The van der Waals surface area contributed by atoms with Gasteiger partial charge in [0.2, 0.25) is 0 Å². The molecule has 0 aromatic carbocycles. The van der Waals surface area contributed by atoms with Crippen molar-refractivity contribution in [1.82, 2.24) is 0 Å². The Kier molecular flexibility index (Phi) is 9.10. The van der Waals surface area contributed by atoms with E-state index in [4.69, 9.17) is 30.6 Å². The normalized spacial score (nSPS) is 20.1. The van der Waals surface area contributed by atoms with Gasteiger partial charge in [-0.2, -0.15) is 0 Å². The Hall–Kier alpha value is -0.173. The van der Waals surface area contributed by atoms with Crippen molar-refractivity contribution in [1.29, 1.82) is 0 Å². The van der Waals surface area contributed by atoms with E-state index >= 15 is 0 Å². The second-order valence-electron chi connectivity index (χ2n) is 2.99. The Balaban J connectivity index is 0. The maximum atomic E-state index is 10.1. The van der Waals surface area contributed by atoms with Crippen LogP contribution in [0.15, 0.2) is 0 Å². The monoisotopic (exact) mass is 232 g/mol. The van der Waals surface area contributed by atoms with Crippen LogP contribution in [0.4, 0.5) is 0 Å². The van der Waals surface area contributed by atoms with Crippen molar-refractivity contribution in [3.63, 3.8) is 0 Å². The van der Waals surface area contributed by atoms with Crippen molar-refractivity contribution in [3.8, 4) is 0 Å². The van der Waals surface area contributed by atoms with Gasteiger partial charge in [-0.15, -0.1) is 0 Å². The van der Waals surface area contributed by atoms with Crippen LogP contribution in [0.1, 0.15) is 0 Å².